The lowest BCUT2D eigenvalue weighted by molar-refractivity contribution is -0.119. The Labute approximate surface area is 129 Å². The van der Waals surface area contributed by atoms with E-state index in [4.69, 9.17) is 4.74 Å². The van der Waals surface area contributed by atoms with Crippen LogP contribution in [0.15, 0.2) is 21.1 Å². The predicted molar refractivity (Wildman–Crippen MR) is 82.4 cm³/mol. The maximum atomic E-state index is 12.0. The van der Waals surface area contributed by atoms with Crippen LogP contribution >= 0.6 is 31.9 Å². The number of benzene rings is 1. The minimum absolute atomic E-state index is 0.0426. The Bertz CT molecular complexity index is 451. The van der Waals surface area contributed by atoms with Gasteiger partial charge in [-0.3, -0.25) is 4.79 Å². The van der Waals surface area contributed by atoms with Gasteiger partial charge in [0.05, 0.1) is 24.8 Å². The van der Waals surface area contributed by atoms with Gasteiger partial charge in [-0.05, 0) is 56.5 Å². The van der Waals surface area contributed by atoms with Gasteiger partial charge in [0.25, 0.3) is 0 Å². The monoisotopic (exact) mass is 390 g/mol. The lowest BCUT2D eigenvalue weighted by atomic mass is 10.2. The van der Waals surface area contributed by atoms with Crippen LogP contribution in [0.3, 0.4) is 0 Å². The number of aryl methyl sites for hydroxylation is 1. The van der Waals surface area contributed by atoms with Crippen LogP contribution in [0.25, 0.3) is 0 Å². The largest absolute Gasteiger partial charge is 0.375 e. The average molecular weight is 392 g/mol. The van der Waals surface area contributed by atoms with Gasteiger partial charge in [-0.25, -0.2) is 0 Å². The summed E-state index contributed by atoms with van der Waals surface area (Å²) in [5.41, 5.74) is 1.89. The summed E-state index contributed by atoms with van der Waals surface area (Å²) in [4.78, 5) is 12.0. The Morgan fingerprint density at radius 3 is 2.74 bits per heavy atom. The second-order valence-electron chi connectivity index (χ2n) is 4.55. The molecule has 0 radical (unpaired) electrons. The molecule has 1 unspecified atom stereocenters. The van der Waals surface area contributed by atoms with Crippen LogP contribution in [0.5, 0.6) is 0 Å². The molecule has 1 aliphatic heterocycles. The average Bonchev–Trinajstić information content (AvgIpc) is 2.35. The fourth-order valence-electron chi connectivity index (χ4n) is 1.97. The molecule has 1 amide bonds. The summed E-state index contributed by atoms with van der Waals surface area (Å²) in [6, 6.07) is 3.94. The van der Waals surface area contributed by atoms with E-state index in [0.29, 0.717) is 13.0 Å². The molecule has 6 heteroatoms. The van der Waals surface area contributed by atoms with Gasteiger partial charge in [0.1, 0.15) is 0 Å². The van der Waals surface area contributed by atoms with E-state index in [1.807, 2.05) is 19.1 Å². The van der Waals surface area contributed by atoms with Crippen molar-refractivity contribution in [1.29, 1.82) is 0 Å². The number of amides is 1. The molecule has 2 N–H and O–H groups in total. The first kappa shape index (κ1) is 15.0. The van der Waals surface area contributed by atoms with Crippen molar-refractivity contribution in [3.05, 3.63) is 26.6 Å². The van der Waals surface area contributed by atoms with Crippen molar-refractivity contribution in [2.75, 3.05) is 25.0 Å². The number of rotatable bonds is 3. The fourth-order valence-corrected chi connectivity index (χ4v) is 3.58. The van der Waals surface area contributed by atoms with Gasteiger partial charge in [-0.2, -0.15) is 0 Å². The SMILES string of the molecule is Cc1cc(Br)c(NC(=O)CC2CNCCO2)c(Br)c1. The summed E-state index contributed by atoms with van der Waals surface area (Å²) in [5, 5.41) is 6.12. The van der Waals surface area contributed by atoms with E-state index in [2.05, 4.69) is 42.5 Å². The number of morpholine rings is 1. The Morgan fingerprint density at radius 2 is 2.16 bits per heavy atom. The van der Waals surface area contributed by atoms with Crippen molar-refractivity contribution in [3.8, 4) is 0 Å². The summed E-state index contributed by atoms with van der Waals surface area (Å²) < 4.78 is 7.26. The molecular formula is C13H16Br2N2O2. The maximum absolute atomic E-state index is 12.0. The van der Waals surface area contributed by atoms with E-state index < -0.39 is 0 Å². The number of ether oxygens (including phenoxy) is 1. The molecule has 1 aromatic carbocycles. The molecule has 0 aliphatic carbocycles. The molecule has 1 saturated heterocycles. The lowest BCUT2D eigenvalue weighted by Crippen LogP contribution is -2.40. The molecule has 104 valence electrons. The maximum Gasteiger partial charge on any atom is 0.227 e. The van der Waals surface area contributed by atoms with Gasteiger partial charge in [0.2, 0.25) is 5.91 Å². The zero-order valence-electron chi connectivity index (χ0n) is 10.6. The molecule has 1 aliphatic rings. The molecule has 1 fully saturated rings. The highest BCUT2D eigenvalue weighted by Crippen LogP contribution is 2.32. The van der Waals surface area contributed by atoms with Crippen LogP contribution in [0, 0.1) is 6.92 Å². The van der Waals surface area contributed by atoms with Crippen molar-refractivity contribution < 1.29 is 9.53 Å². The highest BCUT2D eigenvalue weighted by molar-refractivity contribution is 9.11. The quantitative estimate of drug-likeness (QED) is 0.832. The zero-order valence-corrected chi connectivity index (χ0v) is 13.8. The van der Waals surface area contributed by atoms with Crippen LogP contribution in [-0.4, -0.2) is 31.7 Å². The summed E-state index contributed by atoms with van der Waals surface area (Å²) in [7, 11) is 0. The van der Waals surface area contributed by atoms with Crippen LogP contribution in [0.2, 0.25) is 0 Å². The second kappa shape index (κ2) is 6.83. The molecule has 0 saturated carbocycles. The first-order valence-corrected chi connectivity index (χ1v) is 7.72. The zero-order chi connectivity index (χ0) is 13.8. The van der Waals surface area contributed by atoms with E-state index in [9.17, 15) is 4.79 Å². The van der Waals surface area contributed by atoms with Crippen LogP contribution in [0.1, 0.15) is 12.0 Å². The fraction of sp³-hybridized carbons (Fsp3) is 0.462. The Balaban J connectivity index is 1.98. The smallest absolute Gasteiger partial charge is 0.227 e. The summed E-state index contributed by atoms with van der Waals surface area (Å²) >= 11 is 6.93. The highest BCUT2D eigenvalue weighted by Gasteiger charge is 2.18. The van der Waals surface area contributed by atoms with Crippen molar-refractivity contribution in [1.82, 2.24) is 5.32 Å². The van der Waals surface area contributed by atoms with Crippen LogP contribution < -0.4 is 10.6 Å². The third kappa shape index (κ3) is 4.27. The minimum Gasteiger partial charge on any atom is -0.375 e. The summed E-state index contributed by atoms with van der Waals surface area (Å²) in [5.74, 6) is -0.0426. The van der Waals surface area contributed by atoms with Gasteiger partial charge in [0, 0.05) is 22.0 Å². The summed E-state index contributed by atoms with van der Waals surface area (Å²) in [6.45, 7) is 4.25. The summed E-state index contributed by atoms with van der Waals surface area (Å²) in [6.07, 6.45) is 0.316. The molecule has 2 rings (SSSR count). The minimum atomic E-state index is -0.0447. The van der Waals surface area contributed by atoms with Gasteiger partial charge in [-0.1, -0.05) is 0 Å². The number of carbonyl (C=O) groups is 1. The molecule has 1 atom stereocenters. The van der Waals surface area contributed by atoms with E-state index in [0.717, 1.165) is 33.3 Å². The first-order valence-electron chi connectivity index (χ1n) is 6.14. The lowest BCUT2D eigenvalue weighted by Gasteiger charge is -2.23. The van der Waals surface area contributed by atoms with Gasteiger partial charge < -0.3 is 15.4 Å². The molecule has 1 aromatic rings. The Kier molecular flexibility index (Phi) is 5.38. The number of hydrogen-bond donors (Lipinski definition) is 2. The van der Waals surface area contributed by atoms with Crippen molar-refractivity contribution in [3.63, 3.8) is 0 Å². The van der Waals surface area contributed by atoms with Crippen molar-refractivity contribution in [2.24, 2.45) is 0 Å². The van der Waals surface area contributed by atoms with Gasteiger partial charge >= 0.3 is 0 Å². The number of halogens is 2. The second-order valence-corrected chi connectivity index (χ2v) is 6.26. The number of hydrogen-bond acceptors (Lipinski definition) is 3. The Hall–Kier alpha value is -0.430. The number of anilines is 1. The third-order valence-electron chi connectivity index (χ3n) is 2.87. The number of nitrogens with one attached hydrogen (secondary N) is 2. The third-order valence-corrected chi connectivity index (χ3v) is 4.12. The Morgan fingerprint density at radius 1 is 1.47 bits per heavy atom. The van der Waals surface area contributed by atoms with Crippen LogP contribution in [-0.2, 0) is 9.53 Å². The first-order chi connectivity index (χ1) is 9.06. The van der Waals surface area contributed by atoms with E-state index in [1.54, 1.807) is 0 Å². The molecule has 0 aromatic heterocycles. The van der Waals surface area contributed by atoms with Gasteiger partial charge in [-0.15, -0.1) is 0 Å². The number of carbonyl (C=O) groups excluding carboxylic acids is 1. The topological polar surface area (TPSA) is 50.4 Å². The molecule has 0 spiro atoms. The van der Waals surface area contributed by atoms with E-state index >= 15 is 0 Å². The van der Waals surface area contributed by atoms with Crippen molar-refractivity contribution >= 4 is 43.5 Å². The molecular weight excluding hydrogens is 376 g/mol. The highest BCUT2D eigenvalue weighted by atomic mass is 79.9. The normalized spacial score (nSPS) is 19.2. The molecule has 19 heavy (non-hydrogen) atoms. The van der Waals surface area contributed by atoms with Crippen molar-refractivity contribution in [2.45, 2.75) is 19.4 Å². The predicted octanol–water partition coefficient (Wildman–Crippen LogP) is 2.84. The molecule has 4 nitrogen and oxygen atoms in total. The molecule has 1 heterocycles. The standard InChI is InChI=1S/C13H16Br2N2O2/c1-8-4-10(14)13(11(15)5-8)17-12(18)6-9-7-16-2-3-19-9/h4-5,9,16H,2-3,6-7H2,1H3,(H,17,18). The van der Waals surface area contributed by atoms with Crippen LogP contribution in [0.4, 0.5) is 5.69 Å². The molecule has 0 bridgehead atoms. The van der Waals surface area contributed by atoms with E-state index in [-0.39, 0.29) is 12.0 Å². The van der Waals surface area contributed by atoms with Gasteiger partial charge in [0.15, 0.2) is 0 Å². The van der Waals surface area contributed by atoms with E-state index in [1.165, 1.54) is 0 Å².